The summed E-state index contributed by atoms with van der Waals surface area (Å²) < 4.78 is 5.99. The number of esters is 1. The zero-order chi connectivity index (χ0) is 18.8. The highest BCUT2D eigenvalue weighted by atomic mass is 35.5. The Balaban J connectivity index is 1.63. The lowest BCUT2D eigenvalue weighted by Gasteiger charge is -2.06. The van der Waals surface area contributed by atoms with Crippen molar-refractivity contribution >= 4 is 55.8 Å². The Kier molecular flexibility index (Phi) is 5.11. The second-order valence-electron chi connectivity index (χ2n) is 5.81. The van der Waals surface area contributed by atoms with Gasteiger partial charge in [-0.3, -0.25) is 10.1 Å². The standard InChI is InChI=1S/C18H16ClN3O3S/c1-9-5-10(2)16-14(6-9)26-18(22-16)21-15(23)8-25-17(24)11-3-4-12(19)13(20)7-11/h3-7H,8,20H2,1-2H3,(H,21,22,23). The number of aryl methyl sites for hydroxylation is 2. The van der Waals surface area contributed by atoms with Gasteiger partial charge in [-0.1, -0.05) is 29.0 Å². The number of hydrogen-bond donors (Lipinski definition) is 2. The van der Waals surface area contributed by atoms with Crippen molar-refractivity contribution < 1.29 is 14.3 Å². The van der Waals surface area contributed by atoms with Crippen molar-refractivity contribution in [3.63, 3.8) is 0 Å². The van der Waals surface area contributed by atoms with Gasteiger partial charge in [-0.2, -0.15) is 0 Å². The van der Waals surface area contributed by atoms with Crippen LogP contribution in [0.4, 0.5) is 10.8 Å². The summed E-state index contributed by atoms with van der Waals surface area (Å²) in [6.45, 7) is 3.56. The number of thiazole rings is 1. The van der Waals surface area contributed by atoms with Crippen molar-refractivity contribution in [2.45, 2.75) is 13.8 Å². The predicted molar refractivity (Wildman–Crippen MR) is 104 cm³/mol. The molecule has 0 aliphatic rings. The summed E-state index contributed by atoms with van der Waals surface area (Å²) >= 11 is 7.18. The number of nitrogens with one attached hydrogen (secondary N) is 1. The van der Waals surface area contributed by atoms with Crippen LogP contribution in [0.5, 0.6) is 0 Å². The third-order valence-electron chi connectivity index (χ3n) is 3.64. The molecule has 3 aromatic rings. The normalized spacial score (nSPS) is 10.7. The van der Waals surface area contributed by atoms with Crippen LogP contribution in [-0.4, -0.2) is 23.5 Å². The summed E-state index contributed by atoms with van der Waals surface area (Å²) in [7, 11) is 0. The highest BCUT2D eigenvalue weighted by Crippen LogP contribution is 2.29. The number of nitrogens with two attached hydrogens (primary N) is 1. The number of rotatable bonds is 4. The van der Waals surface area contributed by atoms with Crippen LogP contribution in [0.15, 0.2) is 30.3 Å². The molecule has 6 nitrogen and oxygen atoms in total. The Morgan fingerprint density at radius 2 is 2.04 bits per heavy atom. The number of amides is 1. The fourth-order valence-corrected chi connectivity index (χ4v) is 3.64. The Bertz CT molecular complexity index is 1020. The van der Waals surface area contributed by atoms with Gasteiger partial charge in [0.15, 0.2) is 11.7 Å². The molecule has 3 N–H and O–H groups in total. The van der Waals surface area contributed by atoms with Crippen molar-refractivity contribution in [3.8, 4) is 0 Å². The molecule has 1 aromatic heterocycles. The van der Waals surface area contributed by atoms with Crippen LogP contribution in [0.3, 0.4) is 0 Å². The minimum Gasteiger partial charge on any atom is -0.452 e. The lowest BCUT2D eigenvalue weighted by Crippen LogP contribution is -2.20. The maximum absolute atomic E-state index is 12.0. The number of carbonyl (C=O) groups is 2. The predicted octanol–water partition coefficient (Wildman–Crippen LogP) is 3.94. The van der Waals surface area contributed by atoms with E-state index in [-0.39, 0.29) is 11.3 Å². The highest BCUT2D eigenvalue weighted by molar-refractivity contribution is 7.22. The first-order valence-corrected chi connectivity index (χ1v) is 8.92. The molecule has 3 rings (SSSR count). The zero-order valence-corrected chi connectivity index (χ0v) is 15.7. The third kappa shape index (κ3) is 3.95. The summed E-state index contributed by atoms with van der Waals surface area (Å²) in [4.78, 5) is 28.4. The van der Waals surface area contributed by atoms with Gasteiger partial charge in [0.05, 0.1) is 26.5 Å². The minimum absolute atomic E-state index is 0.228. The summed E-state index contributed by atoms with van der Waals surface area (Å²) in [5.41, 5.74) is 9.18. The van der Waals surface area contributed by atoms with Crippen molar-refractivity contribution in [2.24, 2.45) is 0 Å². The van der Waals surface area contributed by atoms with E-state index in [1.54, 1.807) is 0 Å². The van der Waals surface area contributed by atoms with Gasteiger partial charge in [-0.15, -0.1) is 0 Å². The van der Waals surface area contributed by atoms with E-state index >= 15 is 0 Å². The summed E-state index contributed by atoms with van der Waals surface area (Å²) in [6.07, 6.45) is 0. The van der Waals surface area contributed by atoms with Crippen molar-refractivity contribution in [2.75, 3.05) is 17.7 Å². The Labute approximate surface area is 158 Å². The Morgan fingerprint density at radius 3 is 2.77 bits per heavy atom. The molecule has 0 fully saturated rings. The average molecular weight is 390 g/mol. The number of carbonyl (C=O) groups excluding carboxylic acids is 2. The third-order valence-corrected chi connectivity index (χ3v) is 4.90. The molecular formula is C18H16ClN3O3S. The minimum atomic E-state index is -0.653. The van der Waals surface area contributed by atoms with E-state index in [9.17, 15) is 9.59 Å². The number of fused-ring (bicyclic) bond motifs is 1. The van der Waals surface area contributed by atoms with Gasteiger partial charge in [0.2, 0.25) is 0 Å². The molecular weight excluding hydrogens is 374 g/mol. The van der Waals surface area contributed by atoms with Gasteiger partial charge in [-0.05, 0) is 49.2 Å². The molecule has 1 amide bonds. The summed E-state index contributed by atoms with van der Waals surface area (Å²) in [6, 6.07) is 8.44. The van der Waals surface area contributed by atoms with Gasteiger partial charge in [0.25, 0.3) is 5.91 Å². The lowest BCUT2D eigenvalue weighted by molar-refractivity contribution is -0.119. The van der Waals surface area contributed by atoms with Crippen LogP contribution < -0.4 is 11.1 Å². The maximum atomic E-state index is 12.0. The number of halogens is 1. The molecule has 0 atom stereocenters. The molecule has 0 saturated carbocycles. The van der Waals surface area contributed by atoms with Crippen molar-refractivity contribution in [3.05, 3.63) is 52.0 Å². The molecule has 0 bridgehead atoms. The molecule has 1 heterocycles. The molecule has 0 aliphatic carbocycles. The molecule has 2 aromatic carbocycles. The fraction of sp³-hybridized carbons (Fsp3) is 0.167. The first kappa shape index (κ1) is 18.2. The maximum Gasteiger partial charge on any atom is 0.338 e. The van der Waals surface area contributed by atoms with Crippen LogP contribution in [0.1, 0.15) is 21.5 Å². The van der Waals surface area contributed by atoms with E-state index in [0.29, 0.717) is 10.2 Å². The van der Waals surface area contributed by atoms with Crippen LogP contribution in [-0.2, 0) is 9.53 Å². The van der Waals surface area contributed by atoms with Gasteiger partial charge in [-0.25, -0.2) is 9.78 Å². The summed E-state index contributed by atoms with van der Waals surface area (Å²) in [5, 5.41) is 3.46. The van der Waals surface area contributed by atoms with Gasteiger partial charge < -0.3 is 10.5 Å². The topological polar surface area (TPSA) is 94.3 Å². The molecule has 0 aliphatic heterocycles. The largest absolute Gasteiger partial charge is 0.452 e. The smallest absolute Gasteiger partial charge is 0.338 e. The SMILES string of the molecule is Cc1cc(C)c2nc(NC(=O)COC(=O)c3ccc(Cl)c(N)c3)sc2c1. The second-order valence-corrected chi connectivity index (χ2v) is 7.25. The Morgan fingerprint density at radius 1 is 1.27 bits per heavy atom. The van der Waals surface area contributed by atoms with E-state index in [0.717, 1.165) is 21.3 Å². The zero-order valence-electron chi connectivity index (χ0n) is 14.1. The number of ether oxygens (including phenoxy) is 1. The highest BCUT2D eigenvalue weighted by Gasteiger charge is 2.14. The van der Waals surface area contributed by atoms with E-state index in [2.05, 4.69) is 10.3 Å². The van der Waals surface area contributed by atoms with Crippen LogP contribution in [0.25, 0.3) is 10.2 Å². The van der Waals surface area contributed by atoms with Gasteiger partial charge >= 0.3 is 5.97 Å². The Hall–Kier alpha value is -2.64. The van der Waals surface area contributed by atoms with Crippen LogP contribution in [0.2, 0.25) is 5.02 Å². The quantitative estimate of drug-likeness (QED) is 0.520. The molecule has 0 saturated heterocycles. The van der Waals surface area contributed by atoms with Gasteiger partial charge in [0, 0.05) is 0 Å². The van der Waals surface area contributed by atoms with E-state index in [1.807, 2.05) is 26.0 Å². The van der Waals surface area contributed by atoms with Crippen molar-refractivity contribution in [1.82, 2.24) is 4.98 Å². The molecule has 0 spiro atoms. The first-order valence-electron chi connectivity index (χ1n) is 7.73. The molecule has 8 heteroatoms. The lowest BCUT2D eigenvalue weighted by atomic mass is 10.1. The number of benzene rings is 2. The number of aromatic nitrogens is 1. The van der Waals surface area contributed by atoms with E-state index < -0.39 is 18.5 Å². The number of nitrogens with zero attached hydrogens (tertiary/aromatic N) is 1. The number of anilines is 2. The summed E-state index contributed by atoms with van der Waals surface area (Å²) in [5.74, 6) is -1.12. The van der Waals surface area contributed by atoms with E-state index in [1.165, 1.54) is 29.5 Å². The molecule has 26 heavy (non-hydrogen) atoms. The monoisotopic (exact) mass is 389 g/mol. The second kappa shape index (κ2) is 7.31. The first-order chi connectivity index (χ1) is 12.3. The van der Waals surface area contributed by atoms with E-state index in [4.69, 9.17) is 22.1 Å². The van der Waals surface area contributed by atoms with Crippen LogP contribution in [0, 0.1) is 13.8 Å². The molecule has 134 valence electrons. The number of hydrogen-bond acceptors (Lipinski definition) is 6. The van der Waals surface area contributed by atoms with Crippen molar-refractivity contribution in [1.29, 1.82) is 0 Å². The van der Waals surface area contributed by atoms with Gasteiger partial charge in [0.1, 0.15) is 0 Å². The molecule has 0 radical (unpaired) electrons. The fourth-order valence-electron chi connectivity index (χ4n) is 2.46. The average Bonchev–Trinajstić information content (AvgIpc) is 2.97. The molecule has 0 unspecified atom stereocenters. The van der Waals surface area contributed by atoms with Crippen LogP contribution >= 0.6 is 22.9 Å². The number of nitrogen functional groups attached to an aromatic ring is 1.